The second-order valence-corrected chi connectivity index (χ2v) is 3.12. The maximum absolute atomic E-state index is 5.58. The largest absolute Gasteiger partial charge is 0.493 e. The van der Waals surface area contributed by atoms with Gasteiger partial charge in [0.1, 0.15) is 5.75 Å². The van der Waals surface area contributed by atoms with Crippen molar-refractivity contribution in [2.75, 3.05) is 23.4 Å². The first-order chi connectivity index (χ1) is 5.74. The second-order valence-electron chi connectivity index (χ2n) is 2.33. The number of alkyl halides is 1. The van der Waals surface area contributed by atoms with E-state index in [2.05, 4.69) is 15.9 Å². The maximum Gasteiger partial charge on any atom is 0.121 e. The normalized spacial score (nSPS) is 9.75. The van der Waals surface area contributed by atoms with Crippen molar-refractivity contribution in [3.05, 3.63) is 18.2 Å². The molecule has 0 aromatic heterocycles. The first kappa shape index (κ1) is 9.19. The molecule has 0 saturated carbocycles. The Morgan fingerprint density at radius 1 is 1.25 bits per heavy atom. The van der Waals surface area contributed by atoms with Gasteiger partial charge in [0.15, 0.2) is 0 Å². The molecule has 66 valence electrons. The Labute approximate surface area is 79.8 Å². The van der Waals surface area contributed by atoms with Crippen LogP contribution in [0.5, 0.6) is 5.75 Å². The van der Waals surface area contributed by atoms with Crippen molar-refractivity contribution in [3.8, 4) is 5.75 Å². The van der Waals surface area contributed by atoms with Gasteiger partial charge in [-0.25, -0.2) is 0 Å². The van der Waals surface area contributed by atoms with Crippen molar-refractivity contribution in [2.24, 2.45) is 0 Å². The van der Waals surface area contributed by atoms with Crippen LogP contribution in [0.25, 0.3) is 0 Å². The highest BCUT2D eigenvalue weighted by Crippen LogP contribution is 2.21. The summed E-state index contributed by atoms with van der Waals surface area (Å²) in [5.41, 5.74) is 12.2. The van der Waals surface area contributed by atoms with E-state index in [1.807, 2.05) is 0 Å². The highest BCUT2D eigenvalue weighted by Gasteiger charge is 1.96. The Kier molecular flexibility index (Phi) is 3.22. The van der Waals surface area contributed by atoms with Crippen molar-refractivity contribution in [2.45, 2.75) is 0 Å². The van der Waals surface area contributed by atoms with E-state index in [1.165, 1.54) is 0 Å². The number of nitrogen functional groups attached to an aromatic ring is 2. The number of nitrogens with two attached hydrogens (primary N) is 2. The molecule has 0 atom stereocenters. The van der Waals surface area contributed by atoms with Crippen molar-refractivity contribution in [3.63, 3.8) is 0 Å². The number of halogens is 1. The molecule has 3 nitrogen and oxygen atoms in total. The minimum Gasteiger partial charge on any atom is -0.493 e. The van der Waals surface area contributed by atoms with Crippen LogP contribution in [-0.2, 0) is 0 Å². The molecule has 0 aliphatic heterocycles. The van der Waals surface area contributed by atoms with Gasteiger partial charge in [-0.3, -0.25) is 0 Å². The van der Waals surface area contributed by atoms with E-state index in [0.29, 0.717) is 18.0 Å². The SMILES string of the molecule is Nc1ccc(OCCBr)cc1N. The molecule has 12 heavy (non-hydrogen) atoms. The number of anilines is 2. The average Bonchev–Trinajstić information content (AvgIpc) is 2.07. The van der Waals surface area contributed by atoms with Gasteiger partial charge in [-0.1, -0.05) is 15.9 Å². The van der Waals surface area contributed by atoms with Gasteiger partial charge in [0.25, 0.3) is 0 Å². The van der Waals surface area contributed by atoms with Gasteiger partial charge in [-0.2, -0.15) is 0 Å². The standard InChI is InChI=1S/C8H11BrN2O/c9-3-4-12-6-1-2-7(10)8(11)5-6/h1-2,5H,3-4,10-11H2. The van der Waals surface area contributed by atoms with E-state index in [9.17, 15) is 0 Å². The van der Waals surface area contributed by atoms with Crippen molar-refractivity contribution in [1.29, 1.82) is 0 Å². The van der Waals surface area contributed by atoms with Crippen molar-refractivity contribution in [1.82, 2.24) is 0 Å². The Balaban J connectivity index is 2.69. The van der Waals surface area contributed by atoms with Gasteiger partial charge >= 0.3 is 0 Å². The molecule has 0 radical (unpaired) electrons. The van der Waals surface area contributed by atoms with Crippen LogP contribution in [0.4, 0.5) is 11.4 Å². The van der Waals surface area contributed by atoms with E-state index in [-0.39, 0.29) is 0 Å². The molecule has 4 N–H and O–H groups in total. The van der Waals surface area contributed by atoms with Crippen LogP contribution in [-0.4, -0.2) is 11.9 Å². The summed E-state index contributed by atoms with van der Waals surface area (Å²) in [6.07, 6.45) is 0. The zero-order chi connectivity index (χ0) is 8.97. The molecule has 4 heteroatoms. The molecular formula is C8H11BrN2O. The van der Waals surface area contributed by atoms with E-state index >= 15 is 0 Å². The molecule has 1 aromatic rings. The monoisotopic (exact) mass is 230 g/mol. The van der Waals surface area contributed by atoms with Gasteiger partial charge in [-0.05, 0) is 12.1 Å². The lowest BCUT2D eigenvalue weighted by Crippen LogP contribution is -2.00. The van der Waals surface area contributed by atoms with Crippen LogP contribution in [0, 0.1) is 0 Å². The molecule has 0 spiro atoms. The number of hydrogen-bond donors (Lipinski definition) is 2. The topological polar surface area (TPSA) is 61.3 Å². The third kappa shape index (κ3) is 2.30. The molecule has 0 amide bonds. The zero-order valence-corrected chi connectivity index (χ0v) is 8.17. The summed E-state index contributed by atoms with van der Waals surface area (Å²) in [5, 5.41) is 0.803. The van der Waals surface area contributed by atoms with E-state index in [0.717, 1.165) is 11.1 Å². The summed E-state index contributed by atoms with van der Waals surface area (Å²) < 4.78 is 5.31. The summed E-state index contributed by atoms with van der Waals surface area (Å²) in [7, 11) is 0. The average molecular weight is 231 g/mol. The predicted octanol–water partition coefficient (Wildman–Crippen LogP) is 1.62. The summed E-state index contributed by atoms with van der Waals surface area (Å²) in [6, 6.07) is 5.26. The molecule has 1 rings (SSSR count). The predicted molar refractivity (Wildman–Crippen MR) is 54.6 cm³/mol. The van der Waals surface area contributed by atoms with E-state index < -0.39 is 0 Å². The van der Waals surface area contributed by atoms with E-state index in [1.54, 1.807) is 18.2 Å². The highest BCUT2D eigenvalue weighted by atomic mass is 79.9. The Hall–Kier alpha value is -0.900. The third-order valence-corrected chi connectivity index (χ3v) is 1.73. The fourth-order valence-electron chi connectivity index (χ4n) is 0.799. The Morgan fingerprint density at radius 3 is 2.58 bits per heavy atom. The summed E-state index contributed by atoms with van der Waals surface area (Å²) in [4.78, 5) is 0. The van der Waals surface area contributed by atoms with Gasteiger partial charge in [0.2, 0.25) is 0 Å². The first-order valence-electron chi connectivity index (χ1n) is 3.58. The lowest BCUT2D eigenvalue weighted by molar-refractivity contribution is 0.345. The smallest absolute Gasteiger partial charge is 0.121 e. The van der Waals surface area contributed by atoms with Gasteiger partial charge in [0, 0.05) is 11.4 Å². The molecule has 1 aromatic carbocycles. The van der Waals surface area contributed by atoms with Gasteiger partial charge < -0.3 is 16.2 Å². The van der Waals surface area contributed by atoms with Crippen molar-refractivity contribution < 1.29 is 4.74 Å². The number of ether oxygens (including phenoxy) is 1. The summed E-state index contributed by atoms with van der Waals surface area (Å²) in [5.74, 6) is 0.751. The minimum absolute atomic E-state index is 0.557. The van der Waals surface area contributed by atoms with Gasteiger partial charge in [-0.15, -0.1) is 0 Å². The molecule has 0 fully saturated rings. The fraction of sp³-hybridized carbons (Fsp3) is 0.250. The second kappa shape index (κ2) is 4.21. The maximum atomic E-state index is 5.58. The Morgan fingerprint density at radius 2 is 2.00 bits per heavy atom. The van der Waals surface area contributed by atoms with Gasteiger partial charge in [0.05, 0.1) is 18.0 Å². The third-order valence-electron chi connectivity index (χ3n) is 1.40. The molecule has 0 saturated heterocycles. The van der Waals surface area contributed by atoms with Crippen LogP contribution < -0.4 is 16.2 Å². The first-order valence-corrected chi connectivity index (χ1v) is 4.70. The van der Waals surface area contributed by atoms with Crippen LogP contribution in [0.1, 0.15) is 0 Å². The molecule has 0 heterocycles. The number of rotatable bonds is 3. The summed E-state index contributed by atoms with van der Waals surface area (Å²) in [6.45, 7) is 0.628. The summed E-state index contributed by atoms with van der Waals surface area (Å²) >= 11 is 3.26. The van der Waals surface area contributed by atoms with Crippen molar-refractivity contribution >= 4 is 27.3 Å². The fourth-order valence-corrected chi connectivity index (χ4v) is 0.961. The highest BCUT2D eigenvalue weighted by molar-refractivity contribution is 9.09. The molecule has 0 aliphatic rings. The lowest BCUT2D eigenvalue weighted by Gasteiger charge is -2.05. The molecule has 0 aliphatic carbocycles. The van der Waals surface area contributed by atoms with Crippen LogP contribution >= 0.6 is 15.9 Å². The zero-order valence-electron chi connectivity index (χ0n) is 6.59. The van der Waals surface area contributed by atoms with E-state index in [4.69, 9.17) is 16.2 Å². The van der Waals surface area contributed by atoms with Crippen LogP contribution in [0.15, 0.2) is 18.2 Å². The minimum atomic E-state index is 0.557. The number of benzene rings is 1. The molecule has 0 bridgehead atoms. The van der Waals surface area contributed by atoms with Crippen LogP contribution in [0.2, 0.25) is 0 Å². The Bertz CT molecular complexity index is 265. The quantitative estimate of drug-likeness (QED) is 0.613. The number of hydrogen-bond acceptors (Lipinski definition) is 3. The lowest BCUT2D eigenvalue weighted by atomic mass is 10.2. The molecular weight excluding hydrogens is 220 g/mol. The van der Waals surface area contributed by atoms with Crippen LogP contribution in [0.3, 0.4) is 0 Å². The molecule has 0 unspecified atom stereocenters.